The van der Waals surface area contributed by atoms with Crippen LogP contribution in [0.5, 0.6) is 0 Å². The number of nitrogens with zero attached hydrogens (tertiary/aromatic N) is 2. The second-order valence-electron chi connectivity index (χ2n) is 4.45. The Kier molecular flexibility index (Phi) is 5.95. The van der Waals surface area contributed by atoms with Gasteiger partial charge in [-0.15, -0.1) is 11.3 Å². The monoisotopic (exact) mass is 284 g/mol. The van der Waals surface area contributed by atoms with Crippen LogP contribution in [-0.2, 0) is 11.2 Å². The number of aliphatic carboxylic acids is 1. The molecule has 0 aromatic carbocycles. The molecule has 0 aliphatic heterocycles. The van der Waals surface area contributed by atoms with Crippen molar-refractivity contribution >= 4 is 23.2 Å². The summed E-state index contributed by atoms with van der Waals surface area (Å²) in [4.78, 5) is 29.3. The van der Waals surface area contributed by atoms with Crippen LogP contribution in [0, 0.1) is 0 Å². The molecule has 0 spiro atoms. The van der Waals surface area contributed by atoms with Crippen molar-refractivity contribution in [3.8, 4) is 0 Å². The number of carboxylic acids is 1. The Balaban J connectivity index is 2.87. The molecule has 0 saturated carbocycles. The van der Waals surface area contributed by atoms with Gasteiger partial charge < -0.3 is 10.0 Å². The molecule has 0 aliphatic carbocycles. The lowest BCUT2D eigenvalue weighted by molar-refractivity contribution is -0.138. The van der Waals surface area contributed by atoms with E-state index in [9.17, 15) is 9.59 Å². The zero-order chi connectivity index (χ0) is 14.4. The molecule has 1 atom stereocenters. The van der Waals surface area contributed by atoms with Crippen LogP contribution in [0.1, 0.15) is 48.3 Å². The summed E-state index contributed by atoms with van der Waals surface area (Å²) in [6, 6.07) is -0.0969. The molecule has 1 unspecified atom stereocenters. The minimum Gasteiger partial charge on any atom is -0.480 e. The van der Waals surface area contributed by atoms with Gasteiger partial charge in [0.15, 0.2) is 0 Å². The van der Waals surface area contributed by atoms with E-state index in [0.29, 0.717) is 4.88 Å². The maximum Gasteiger partial charge on any atom is 0.323 e. The quantitative estimate of drug-likeness (QED) is 0.834. The molecule has 1 N–H and O–H groups in total. The first-order valence-corrected chi connectivity index (χ1v) is 7.28. The van der Waals surface area contributed by atoms with Gasteiger partial charge in [-0.05, 0) is 26.2 Å². The topological polar surface area (TPSA) is 70.5 Å². The first-order chi connectivity index (χ1) is 8.99. The zero-order valence-electron chi connectivity index (χ0n) is 11.5. The van der Waals surface area contributed by atoms with Crippen LogP contribution < -0.4 is 0 Å². The Morgan fingerprint density at radius 1 is 1.47 bits per heavy atom. The van der Waals surface area contributed by atoms with Crippen LogP contribution in [0.3, 0.4) is 0 Å². The zero-order valence-corrected chi connectivity index (χ0v) is 12.4. The lowest BCUT2D eigenvalue weighted by atomic mass is 10.2. The van der Waals surface area contributed by atoms with Gasteiger partial charge in [0.05, 0.1) is 11.2 Å². The fourth-order valence-electron chi connectivity index (χ4n) is 1.67. The van der Waals surface area contributed by atoms with Crippen molar-refractivity contribution < 1.29 is 14.7 Å². The van der Waals surface area contributed by atoms with E-state index in [1.165, 1.54) is 16.2 Å². The summed E-state index contributed by atoms with van der Waals surface area (Å²) in [6.07, 6.45) is 4.10. The average molecular weight is 284 g/mol. The van der Waals surface area contributed by atoms with E-state index in [-0.39, 0.29) is 18.5 Å². The number of hydrogen-bond donors (Lipinski definition) is 1. The lowest BCUT2D eigenvalue weighted by Gasteiger charge is -2.26. The Morgan fingerprint density at radius 2 is 2.16 bits per heavy atom. The third kappa shape index (κ3) is 4.31. The van der Waals surface area contributed by atoms with Gasteiger partial charge in [-0.1, -0.05) is 13.8 Å². The number of amides is 1. The van der Waals surface area contributed by atoms with Crippen LogP contribution in [0.25, 0.3) is 0 Å². The molecule has 5 nitrogen and oxygen atoms in total. The van der Waals surface area contributed by atoms with Crippen LogP contribution in [0.2, 0.25) is 0 Å². The molecule has 0 aliphatic rings. The van der Waals surface area contributed by atoms with E-state index >= 15 is 0 Å². The van der Waals surface area contributed by atoms with Gasteiger partial charge in [-0.2, -0.15) is 0 Å². The number of carboxylic acid groups (broad SMARTS) is 1. The molecule has 1 heterocycles. The molecular weight excluding hydrogens is 264 g/mol. The molecular formula is C13H20N2O3S. The van der Waals surface area contributed by atoms with Gasteiger partial charge in [0.2, 0.25) is 0 Å². The van der Waals surface area contributed by atoms with E-state index in [1.807, 2.05) is 13.8 Å². The van der Waals surface area contributed by atoms with E-state index < -0.39 is 5.97 Å². The van der Waals surface area contributed by atoms with Gasteiger partial charge in [-0.25, -0.2) is 4.98 Å². The summed E-state index contributed by atoms with van der Waals surface area (Å²) >= 11 is 1.35. The van der Waals surface area contributed by atoms with Crippen molar-refractivity contribution in [3.63, 3.8) is 0 Å². The SMILES string of the molecule is CCCc1ncc(C(=O)N(CC(=O)O)C(C)CC)s1. The summed E-state index contributed by atoms with van der Waals surface area (Å²) in [7, 11) is 0. The van der Waals surface area contributed by atoms with E-state index in [1.54, 1.807) is 6.20 Å². The third-order valence-corrected chi connectivity index (χ3v) is 3.96. The molecule has 1 rings (SSSR count). The summed E-state index contributed by atoms with van der Waals surface area (Å²) < 4.78 is 0. The summed E-state index contributed by atoms with van der Waals surface area (Å²) in [6.45, 7) is 5.57. The highest BCUT2D eigenvalue weighted by Crippen LogP contribution is 2.18. The number of rotatable bonds is 7. The summed E-state index contributed by atoms with van der Waals surface area (Å²) in [5, 5.41) is 9.83. The van der Waals surface area contributed by atoms with E-state index in [0.717, 1.165) is 24.3 Å². The first-order valence-electron chi connectivity index (χ1n) is 6.47. The fraction of sp³-hybridized carbons (Fsp3) is 0.615. The molecule has 1 aromatic rings. The number of aryl methyl sites for hydroxylation is 1. The fourth-order valence-corrected chi connectivity index (χ4v) is 2.65. The van der Waals surface area contributed by atoms with Crippen LogP contribution in [0.4, 0.5) is 0 Å². The lowest BCUT2D eigenvalue weighted by Crippen LogP contribution is -2.41. The average Bonchev–Trinajstić information content (AvgIpc) is 2.83. The number of hydrogen-bond acceptors (Lipinski definition) is 4. The molecule has 0 bridgehead atoms. The second-order valence-corrected chi connectivity index (χ2v) is 5.57. The Morgan fingerprint density at radius 3 is 2.68 bits per heavy atom. The number of thiazole rings is 1. The molecule has 6 heteroatoms. The first kappa shape index (κ1) is 15.6. The van der Waals surface area contributed by atoms with Gasteiger partial charge in [0, 0.05) is 6.04 Å². The Bertz CT molecular complexity index is 445. The normalized spacial score (nSPS) is 12.2. The molecule has 0 fully saturated rings. The number of carbonyl (C=O) groups excluding carboxylic acids is 1. The number of carbonyl (C=O) groups is 2. The smallest absolute Gasteiger partial charge is 0.323 e. The highest BCUT2D eigenvalue weighted by atomic mass is 32.1. The number of aromatic nitrogens is 1. The van der Waals surface area contributed by atoms with Crippen molar-refractivity contribution in [2.75, 3.05) is 6.54 Å². The molecule has 0 radical (unpaired) electrons. The van der Waals surface area contributed by atoms with Gasteiger partial charge in [-0.3, -0.25) is 9.59 Å². The minimum absolute atomic E-state index is 0.0969. The third-order valence-electron chi connectivity index (χ3n) is 2.92. The maximum atomic E-state index is 12.3. The minimum atomic E-state index is -0.994. The van der Waals surface area contributed by atoms with Crippen LogP contribution in [-0.4, -0.2) is 39.5 Å². The van der Waals surface area contributed by atoms with Gasteiger partial charge in [0.1, 0.15) is 11.4 Å². The largest absolute Gasteiger partial charge is 0.480 e. The predicted molar refractivity (Wildman–Crippen MR) is 74.5 cm³/mol. The van der Waals surface area contributed by atoms with Crippen molar-refractivity contribution in [2.24, 2.45) is 0 Å². The Hall–Kier alpha value is -1.43. The molecule has 1 aromatic heterocycles. The van der Waals surface area contributed by atoms with Crippen molar-refractivity contribution in [3.05, 3.63) is 16.1 Å². The van der Waals surface area contributed by atoms with Gasteiger partial charge in [0.25, 0.3) is 5.91 Å². The second kappa shape index (κ2) is 7.23. The standard InChI is InChI=1S/C13H20N2O3S/c1-4-6-11-14-7-10(19-11)13(18)15(8-12(16)17)9(3)5-2/h7,9H,4-6,8H2,1-3H3,(H,16,17). The summed E-state index contributed by atoms with van der Waals surface area (Å²) in [5.74, 6) is -1.23. The predicted octanol–water partition coefficient (Wildman–Crippen LogP) is 2.42. The highest BCUT2D eigenvalue weighted by Gasteiger charge is 2.24. The molecule has 1 amide bonds. The highest BCUT2D eigenvalue weighted by molar-refractivity contribution is 7.13. The van der Waals surface area contributed by atoms with Crippen LogP contribution >= 0.6 is 11.3 Å². The van der Waals surface area contributed by atoms with E-state index in [2.05, 4.69) is 11.9 Å². The maximum absolute atomic E-state index is 12.3. The van der Waals surface area contributed by atoms with E-state index in [4.69, 9.17) is 5.11 Å². The van der Waals surface area contributed by atoms with Gasteiger partial charge >= 0.3 is 5.97 Å². The van der Waals surface area contributed by atoms with Crippen molar-refractivity contribution in [1.82, 2.24) is 9.88 Å². The molecule has 106 valence electrons. The van der Waals surface area contributed by atoms with Crippen LogP contribution in [0.15, 0.2) is 6.20 Å². The molecule has 0 saturated heterocycles. The Labute approximate surface area is 117 Å². The van der Waals surface area contributed by atoms with Crippen molar-refractivity contribution in [2.45, 2.75) is 46.1 Å². The summed E-state index contributed by atoms with van der Waals surface area (Å²) in [5.41, 5.74) is 0. The molecule has 19 heavy (non-hydrogen) atoms. The van der Waals surface area contributed by atoms with Crippen molar-refractivity contribution in [1.29, 1.82) is 0 Å².